The van der Waals surface area contributed by atoms with Gasteiger partial charge in [0.25, 0.3) is 0 Å². The Labute approximate surface area is 137 Å². The van der Waals surface area contributed by atoms with Crippen molar-refractivity contribution in [1.29, 1.82) is 0 Å². The fraction of sp³-hybridized carbons (Fsp3) is 0.533. The van der Waals surface area contributed by atoms with Gasteiger partial charge in [-0.1, -0.05) is 18.5 Å². The fourth-order valence-electron chi connectivity index (χ4n) is 2.38. The van der Waals surface area contributed by atoms with Crippen molar-refractivity contribution in [3.05, 3.63) is 29.3 Å². The van der Waals surface area contributed by atoms with Gasteiger partial charge < -0.3 is 10.6 Å². The summed E-state index contributed by atoms with van der Waals surface area (Å²) in [5.41, 5.74) is 5.95. The molecule has 1 aliphatic rings. The highest BCUT2D eigenvalue weighted by molar-refractivity contribution is 7.91. The van der Waals surface area contributed by atoms with Crippen molar-refractivity contribution in [2.45, 2.75) is 24.7 Å². The lowest BCUT2D eigenvalue weighted by molar-refractivity contribution is 0.278. The third kappa shape index (κ3) is 4.61. The Hall–Kier alpha value is -1.27. The van der Waals surface area contributed by atoms with E-state index in [-0.39, 0.29) is 17.2 Å². The maximum atomic E-state index is 12.2. The van der Waals surface area contributed by atoms with Crippen LogP contribution in [0.5, 0.6) is 0 Å². The van der Waals surface area contributed by atoms with E-state index in [1.54, 1.807) is 12.1 Å². The number of guanidine groups is 1. The number of hydrogen-bond donors (Lipinski definition) is 1. The summed E-state index contributed by atoms with van der Waals surface area (Å²) < 4.78 is 24.4. The fourth-order valence-corrected chi connectivity index (χ4v) is 3.62. The predicted octanol–water partition coefficient (Wildman–Crippen LogP) is 2.16. The van der Waals surface area contributed by atoms with E-state index in [9.17, 15) is 8.42 Å². The van der Waals surface area contributed by atoms with Gasteiger partial charge in [0.1, 0.15) is 0 Å². The van der Waals surface area contributed by atoms with Crippen molar-refractivity contribution in [1.82, 2.24) is 4.90 Å². The number of benzene rings is 1. The van der Waals surface area contributed by atoms with Crippen LogP contribution < -0.4 is 5.73 Å². The summed E-state index contributed by atoms with van der Waals surface area (Å²) in [6.07, 6.45) is 2.19. The highest BCUT2D eigenvalue weighted by Crippen LogP contribution is 2.16. The summed E-state index contributed by atoms with van der Waals surface area (Å²) in [5, 5.41) is 0.514. The molecular weight excluding hydrogens is 322 g/mol. The van der Waals surface area contributed by atoms with Crippen molar-refractivity contribution in [3.63, 3.8) is 0 Å². The van der Waals surface area contributed by atoms with Gasteiger partial charge in [0, 0.05) is 18.1 Å². The molecule has 0 aromatic heterocycles. The molecular formula is C15H22ClN3O2S. The summed E-state index contributed by atoms with van der Waals surface area (Å²) in [6.45, 7) is 4.17. The highest BCUT2D eigenvalue weighted by Gasteiger charge is 2.18. The number of aliphatic imine (C=N–C) groups is 1. The molecule has 1 fully saturated rings. The Kier molecular flexibility index (Phi) is 5.69. The molecule has 0 aliphatic carbocycles. The minimum atomic E-state index is -3.35. The van der Waals surface area contributed by atoms with Crippen molar-refractivity contribution in [3.8, 4) is 0 Å². The minimum absolute atomic E-state index is 0.0560. The quantitative estimate of drug-likeness (QED) is 0.671. The average molecular weight is 344 g/mol. The van der Waals surface area contributed by atoms with Crippen molar-refractivity contribution in [2.75, 3.05) is 25.4 Å². The van der Waals surface area contributed by atoms with E-state index in [2.05, 4.69) is 11.9 Å². The van der Waals surface area contributed by atoms with Gasteiger partial charge in [0.2, 0.25) is 0 Å². The molecule has 0 atom stereocenters. The van der Waals surface area contributed by atoms with Crippen LogP contribution >= 0.6 is 11.6 Å². The normalized spacial score (nSPS) is 17.7. The average Bonchev–Trinajstić information content (AvgIpc) is 2.48. The Morgan fingerprint density at radius 1 is 1.32 bits per heavy atom. The first-order valence-electron chi connectivity index (χ1n) is 7.41. The lowest BCUT2D eigenvalue weighted by atomic mass is 10.00. The molecule has 0 spiro atoms. The molecule has 122 valence electrons. The van der Waals surface area contributed by atoms with Crippen LogP contribution in [0.1, 0.15) is 19.8 Å². The second-order valence-corrected chi connectivity index (χ2v) is 8.23. The Morgan fingerprint density at radius 2 is 1.91 bits per heavy atom. The number of hydrogen-bond acceptors (Lipinski definition) is 3. The Balaban J connectivity index is 1.91. The maximum absolute atomic E-state index is 12.2. The van der Waals surface area contributed by atoms with E-state index in [0.29, 0.717) is 16.9 Å². The number of piperidine rings is 1. The molecule has 0 unspecified atom stereocenters. The van der Waals surface area contributed by atoms with E-state index in [1.165, 1.54) is 12.1 Å². The van der Waals surface area contributed by atoms with Gasteiger partial charge >= 0.3 is 0 Å². The first kappa shape index (κ1) is 17.1. The lowest BCUT2D eigenvalue weighted by Gasteiger charge is -2.31. The van der Waals surface area contributed by atoms with Gasteiger partial charge in [-0.3, -0.25) is 4.99 Å². The molecule has 5 nitrogen and oxygen atoms in total. The zero-order chi connectivity index (χ0) is 16.2. The Bertz CT molecular complexity index is 621. The number of rotatable bonds is 4. The van der Waals surface area contributed by atoms with Crippen LogP contribution in [0.15, 0.2) is 34.2 Å². The van der Waals surface area contributed by atoms with Crippen molar-refractivity contribution in [2.24, 2.45) is 16.6 Å². The van der Waals surface area contributed by atoms with Gasteiger partial charge in [-0.2, -0.15) is 0 Å². The summed E-state index contributed by atoms with van der Waals surface area (Å²) >= 11 is 5.77. The minimum Gasteiger partial charge on any atom is -0.370 e. The predicted molar refractivity (Wildman–Crippen MR) is 90.0 cm³/mol. The molecule has 0 amide bonds. The first-order valence-corrected chi connectivity index (χ1v) is 9.45. The van der Waals surface area contributed by atoms with E-state index in [0.717, 1.165) is 25.9 Å². The molecule has 1 heterocycles. The third-order valence-corrected chi connectivity index (χ3v) is 5.88. The molecule has 0 radical (unpaired) electrons. The molecule has 7 heteroatoms. The number of nitrogens with two attached hydrogens (primary N) is 1. The van der Waals surface area contributed by atoms with Crippen LogP contribution in [0, 0.1) is 5.92 Å². The highest BCUT2D eigenvalue weighted by atomic mass is 35.5. The van der Waals surface area contributed by atoms with E-state index in [1.807, 2.05) is 4.90 Å². The lowest BCUT2D eigenvalue weighted by Crippen LogP contribution is -2.42. The molecule has 0 saturated carbocycles. The van der Waals surface area contributed by atoms with Crippen LogP contribution in [0.3, 0.4) is 0 Å². The Morgan fingerprint density at radius 3 is 2.50 bits per heavy atom. The number of nitrogens with zero attached hydrogens (tertiary/aromatic N) is 2. The molecule has 1 aromatic carbocycles. The van der Waals surface area contributed by atoms with Gasteiger partial charge in [-0.05, 0) is 43.0 Å². The summed E-state index contributed by atoms with van der Waals surface area (Å²) in [6, 6.07) is 6.16. The van der Waals surface area contributed by atoms with Crippen molar-refractivity contribution < 1.29 is 8.42 Å². The standard InChI is InChI=1S/C15H22ClN3O2S/c1-12-6-9-19(10-7-12)15(17)18-8-11-22(20,21)14-4-2-13(16)3-5-14/h2-5,12H,6-11H2,1H3,(H2,17,18). The molecule has 1 aromatic rings. The van der Waals surface area contributed by atoms with Gasteiger partial charge in [-0.25, -0.2) is 8.42 Å². The van der Waals surface area contributed by atoms with Crippen LogP contribution in [0.25, 0.3) is 0 Å². The second-order valence-electron chi connectivity index (χ2n) is 5.68. The number of sulfone groups is 1. The molecule has 2 rings (SSSR count). The summed E-state index contributed by atoms with van der Waals surface area (Å²) in [7, 11) is -3.35. The monoisotopic (exact) mass is 343 g/mol. The largest absolute Gasteiger partial charge is 0.370 e. The van der Waals surface area contributed by atoms with E-state index in [4.69, 9.17) is 17.3 Å². The van der Waals surface area contributed by atoms with Gasteiger partial charge in [-0.15, -0.1) is 0 Å². The van der Waals surface area contributed by atoms with Gasteiger partial charge in [0.15, 0.2) is 15.8 Å². The summed E-state index contributed by atoms with van der Waals surface area (Å²) in [4.78, 5) is 6.50. The third-order valence-electron chi connectivity index (χ3n) is 3.91. The van der Waals surface area contributed by atoms with E-state index < -0.39 is 9.84 Å². The molecule has 22 heavy (non-hydrogen) atoms. The molecule has 1 aliphatic heterocycles. The zero-order valence-corrected chi connectivity index (χ0v) is 14.3. The van der Waals surface area contributed by atoms with E-state index >= 15 is 0 Å². The van der Waals surface area contributed by atoms with Gasteiger partial charge in [0.05, 0.1) is 17.2 Å². The number of likely N-dealkylation sites (tertiary alicyclic amines) is 1. The van der Waals surface area contributed by atoms with Crippen LogP contribution in [0.2, 0.25) is 5.02 Å². The SMILES string of the molecule is CC1CCN(C(N)=NCCS(=O)(=O)c2ccc(Cl)cc2)CC1. The second kappa shape index (κ2) is 7.33. The van der Waals surface area contributed by atoms with Crippen LogP contribution in [-0.4, -0.2) is 44.7 Å². The van der Waals surface area contributed by atoms with Crippen LogP contribution in [-0.2, 0) is 9.84 Å². The molecule has 1 saturated heterocycles. The van der Waals surface area contributed by atoms with Crippen LogP contribution in [0.4, 0.5) is 0 Å². The topological polar surface area (TPSA) is 75.8 Å². The maximum Gasteiger partial charge on any atom is 0.191 e. The smallest absolute Gasteiger partial charge is 0.191 e. The molecule has 2 N–H and O–H groups in total. The molecule has 0 bridgehead atoms. The summed E-state index contributed by atoms with van der Waals surface area (Å²) in [5.74, 6) is 1.10. The zero-order valence-electron chi connectivity index (χ0n) is 12.7. The number of halogens is 1. The first-order chi connectivity index (χ1) is 10.4. The van der Waals surface area contributed by atoms with Crippen molar-refractivity contribution >= 4 is 27.4 Å².